The number of carbonyl (C=O) groups is 4. The van der Waals surface area contributed by atoms with Crippen molar-refractivity contribution < 1.29 is 32.3 Å². The normalized spacial score (nSPS) is 16.2. The van der Waals surface area contributed by atoms with Gasteiger partial charge in [-0.2, -0.15) is 0 Å². The molecule has 10 heteroatoms. The van der Waals surface area contributed by atoms with Crippen LogP contribution in [0.1, 0.15) is 56.9 Å². The molecule has 2 aromatic rings. The molecule has 0 N–H and O–H groups in total. The first kappa shape index (κ1) is 24.6. The molecule has 0 radical (unpaired) electrons. The van der Waals surface area contributed by atoms with Gasteiger partial charge in [0.05, 0.1) is 23.1 Å². The van der Waals surface area contributed by atoms with Crippen LogP contribution in [0.2, 0.25) is 0 Å². The first-order valence-electron chi connectivity index (χ1n) is 11.3. The van der Waals surface area contributed by atoms with Crippen molar-refractivity contribution in [2.24, 2.45) is 5.92 Å². The van der Waals surface area contributed by atoms with Gasteiger partial charge < -0.3 is 4.74 Å². The molecule has 0 saturated carbocycles. The Labute approximate surface area is 203 Å². The van der Waals surface area contributed by atoms with Crippen LogP contribution in [0, 0.1) is 5.92 Å². The van der Waals surface area contributed by atoms with Gasteiger partial charge in [0.2, 0.25) is 10.0 Å². The summed E-state index contributed by atoms with van der Waals surface area (Å²) in [5, 5.41) is 0. The fourth-order valence-electron chi connectivity index (χ4n) is 4.52. The number of Topliss-reactive ketones (excluding diaryl/α,β-unsaturated/α-hetero) is 1. The molecule has 4 rings (SSSR count). The van der Waals surface area contributed by atoms with Crippen LogP contribution in [0.15, 0.2) is 42.5 Å². The Morgan fingerprint density at radius 3 is 2.23 bits per heavy atom. The molecule has 184 valence electrons. The van der Waals surface area contributed by atoms with Crippen LogP contribution in [0.3, 0.4) is 0 Å². The van der Waals surface area contributed by atoms with E-state index in [1.165, 1.54) is 22.5 Å². The highest BCUT2D eigenvalue weighted by atomic mass is 32.2. The van der Waals surface area contributed by atoms with Crippen molar-refractivity contribution in [2.75, 3.05) is 23.7 Å². The summed E-state index contributed by atoms with van der Waals surface area (Å²) < 4.78 is 30.7. The van der Waals surface area contributed by atoms with Crippen LogP contribution in [0.5, 0.6) is 0 Å². The molecule has 0 aromatic heterocycles. The molecule has 0 fully saturated rings. The van der Waals surface area contributed by atoms with Gasteiger partial charge >= 0.3 is 5.97 Å². The zero-order valence-electron chi connectivity index (χ0n) is 19.7. The highest BCUT2D eigenvalue weighted by Gasteiger charge is 2.44. The van der Waals surface area contributed by atoms with Gasteiger partial charge in [-0.15, -0.1) is 0 Å². The van der Waals surface area contributed by atoms with Crippen LogP contribution in [-0.4, -0.2) is 62.3 Å². The number of hydrogen-bond acceptors (Lipinski definition) is 7. The predicted octanol–water partition coefficient (Wildman–Crippen LogP) is 2.45. The van der Waals surface area contributed by atoms with Crippen LogP contribution in [-0.2, 0) is 26.0 Å². The van der Waals surface area contributed by atoms with Gasteiger partial charge in [-0.05, 0) is 54.7 Å². The molecule has 0 aliphatic carbocycles. The largest absolute Gasteiger partial charge is 0.456 e. The fraction of sp³-hybridized carbons (Fsp3) is 0.360. The van der Waals surface area contributed by atoms with Gasteiger partial charge in [-0.25, -0.2) is 13.2 Å². The quantitative estimate of drug-likeness (QED) is 0.327. The van der Waals surface area contributed by atoms with E-state index in [-0.39, 0.29) is 16.7 Å². The summed E-state index contributed by atoms with van der Waals surface area (Å²) in [5.41, 5.74) is 2.00. The lowest BCUT2D eigenvalue weighted by Gasteiger charge is -2.29. The summed E-state index contributed by atoms with van der Waals surface area (Å²) >= 11 is 0. The van der Waals surface area contributed by atoms with Crippen LogP contribution >= 0.6 is 0 Å². The number of fused-ring (bicyclic) bond motifs is 2. The van der Waals surface area contributed by atoms with Crippen molar-refractivity contribution in [3.8, 4) is 0 Å². The standard InChI is InChI=1S/C25H26N2O7S/c1-15(2)22(27-23(29)18-8-4-5-9-19(18)24(27)30)25(31)34-14-21(28)17-10-11-20-16(13-17)7-6-12-26(20)35(3,32)33/h4-5,8-11,13,15,22H,6-7,12,14H2,1-3H3. The number of rotatable bonds is 7. The molecular formula is C25H26N2O7S. The maximum Gasteiger partial charge on any atom is 0.330 e. The molecule has 0 bridgehead atoms. The van der Waals surface area contributed by atoms with Crippen LogP contribution in [0.25, 0.3) is 0 Å². The van der Waals surface area contributed by atoms with Gasteiger partial charge in [0.1, 0.15) is 6.04 Å². The van der Waals surface area contributed by atoms with Crippen LogP contribution < -0.4 is 4.31 Å². The van der Waals surface area contributed by atoms with Crippen molar-refractivity contribution in [3.63, 3.8) is 0 Å². The molecule has 0 spiro atoms. The SMILES string of the molecule is CC(C)C(C(=O)OCC(=O)c1ccc2c(c1)CCCN2S(C)(=O)=O)N1C(=O)c2ccccc2C1=O. The highest BCUT2D eigenvalue weighted by molar-refractivity contribution is 7.92. The second kappa shape index (κ2) is 9.26. The third-order valence-electron chi connectivity index (χ3n) is 6.20. The minimum Gasteiger partial charge on any atom is -0.456 e. The van der Waals surface area contributed by atoms with Crippen molar-refractivity contribution in [2.45, 2.75) is 32.7 Å². The fourth-order valence-corrected chi connectivity index (χ4v) is 5.52. The summed E-state index contributed by atoms with van der Waals surface area (Å²) in [6, 6.07) is 9.87. The first-order valence-corrected chi connectivity index (χ1v) is 13.1. The number of sulfonamides is 1. The third kappa shape index (κ3) is 4.58. The minimum absolute atomic E-state index is 0.226. The minimum atomic E-state index is -3.43. The topological polar surface area (TPSA) is 118 Å². The molecule has 35 heavy (non-hydrogen) atoms. The Kier molecular flexibility index (Phi) is 6.50. The zero-order valence-corrected chi connectivity index (χ0v) is 20.5. The van der Waals surface area contributed by atoms with Crippen LogP contribution in [0.4, 0.5) is 5.69 Å². The number of esters is 1. The van der Waals surface area contributed by atoms with E-state index in [0.717, 1.165) is 16.7 Å². The van der Waals surface area contributed by atoms with E-state index >= 15 is 0 Å². The number of aryl methyl sites for hydroxylation is 1. The van der Waals surface area contributed by atoms with E-state index in [1.54, 1.807) is 38.1 Å². The lowest BCUT2D eigenvalue weighted by molar-refractivity contribution is -0.148. The Bertz CT molecular complexity index is 1300. The number of nitrogens with zero attached hydrogens (tertiary/aromatic N) is 2. The van der Waals surface area contributed by atoms with Crippen molar-refractivity contribution in [3.05, 3.63) is 64.7 Å². The zero-order chi connectivity index (χ0) is 25.5. The molecule has 1 unspecified atom stereocenters. The number of imide groups is 1. The Balaban J connectivity index is 1.48. The molecule has 2 amide bonds. The summed E-state index contributed by atoms with van der Waals surface area (Å²) in [6.45, 7) is 3.19. The predicted molar refractivity (Wildman–Crippen MR) is 128 cm³/mol. The smallest absolute Gasteiger partial charge is 0.330 e. The van der Waals surface area contributed by atoms with E-state index in [4.69, 9.17) is 4.74 Å². The van der Waals surface area contributed by atoms with Gasteiger partial charge in [-0.3, -0.25) is 23.6 Å². The van der Waals surface area contributed by atoms with E-state index in [9.17, 15) is 27.6 Å². The summed E-state index contributed by atoms with van der Waals surface area (Å²) in [6.07, 6.45) is 2.39. The highest BCUT2D eigenvalue weighted by Crippen LogP contribution is 2.30. The molecule has 1 atom stereocenters. The second-order valence-corrected chi connectivity index (χ2v) is 10.9. The average Bonchev–Trinajstić information content (AvgIpc) is 3.06. The van der Waals surface area contributed by atoms with E-state index in [2.05, 4.69) is 0 Å². The number of ether oxygens (including phenoxy) is 1. The average molecular weight is 499 g/mol. The molecular weight excluding hydrogens is 472 g/mol. The molecule has 9 nitrogen and oxygen atoms in total. The van der Waals surface area contributed by atoms with Crippen molar-refractivity contribution >= 4 is 39.3 Å². The lowest BCUT2D eigenvalue weighted by atomic mass is 9.99. The van der Waals surface area contributed by atoms with Crippen molar-refractivity contribution in [1.29, 1.82) is 0 Å². The number of carbonyl (C=O) groups excluding carboxylic acids is 4. The second-order valence-electron chi connectivity index (χ2n) is 9.03. The van der Waals surface area contributed by atoms with Gasteiger partial charge in [0.25, 0.3) is 11.8 Å². The molecule has 2 aliphatic heterocycles. The summed E-state index contributed by atoms with van der Waals surface area (Å²) in [4.78, 5) is 52.3. The molecule has 2 heterocycles. The number of benzene rings is 2. The van der Waals surface area contributed by atoms with Crippen molar-refractivity contribution in [1.82, 2.24) is 4.90 Å². The van der Waals surface area contributed by atoms with Gasteiger partial charge in [0.15, 0.2) is 12.4 Å². The lowest BCUT2D eigenvalue weighted by Crippen LogP contribution is -2.49. The Morgan fingerprint density at radius 1 is 1.03 bits per heavy atom. The number of amides is 2. The molecule has 2 aliphatic rings. The maximum absolute atomic E-state index is 12.9. The summed E-state index contributed by atoms with van der Waals surface area (Å²) in [5.74, 6) is -2.90. The van der Waals surface area contributed by atoms with E-state index in [0.29, 0.717) is 25.1 Å². The number of anilines is 1. The Morgan fingerprint density at radius 2 is 1.66 bits per heavy atom. The van der Waals surface area contributed by atoms with E-state index in [1.807, 2.05) is 0 Å². The maximum atomic E-state index is 12.9. The first-order chi connectivity index (χ1) is 16.5. The molecule has 2 aromatic carbocycles. The summed E-state index contributed by atoms with van der Waals surface area (Å²) in [7, 11) is -3.43. The monoisotopic (exact) mass is 498 g/mol. The van der Waals surface area contributed by atoms with Gasteiger partial charge in [-0.1, -0.05) is 26.0 Å². The molecule has 0 saturated heterocycles. The van der Waals surface area contributed by atoms with E-state index < -0.39 is 52.2 Å². The third-order valence-corrected chi connectivity index (χ3v) is 7.38. The number of hydrogen-bond donors (Lipinski definition) is 0. The van der Waals surface area contributed by atoms with Gasteiger partial charge in [0, 0.05) is 12.1 Å². The number of ketones is 1. The Hall–Kier alpha value is -3.53.